The van der Waals surface area contributed by atoms with Crippen molar-refractivity contribution in [3.8, 4) is 16.9 Å². The predicted molar refractivity (Wildman–Crippen MR) is 114 cm³/mol. The highest BCUT2D eigenvalue weighted by Crippen LogP contribution is 2.41. The number of methoxy groups -OCH3 is 1. The van der Waals surface area contributed by atoms with Crippen LogP contribution in [0.25, 0.3) is 33.1 Å². The number of ether oxygens (including phenoxy) is 1. The van der Waals surface area contributed by atoms with Gasteiger partial charge in [-0.2, -0.15) is 0 Å². The van der Waals surface area contributed by atoms with Crippen molar-refractivity contribution in [3.63, 3.8) is 0 Å². The molecule has 5 nitrogen and oxygen atoms in total. The SMILES string of the molecule is COc1ccc(-c2c(Nc3ccccc3)oc3c2c(=O)oc2ccccc23)cc1. The van der Waals surface area contributed by atoms with E-state index < -0.39 is 5.63 Å². The van der Waals surface area contributed by atoms with E-state index in [1.807, 2.05) is 72.8 Å². The zero-order valence-corrected chi connectivity index (χ0v) is 15.6. The van der Waals surface area contributed by atoms with Crippen LogP contribution in [0.1, 0.15) is 0 Å². The van der Waals surface area contributed by atoms with Crippen molar-refractivity contribution >= 4 is 33.5 Å². The molecule has 2 aromatic heterocycles. The van der Waals surface area contributed by atoms with Crippen molar-refractivity contribution in [2.24, 2.45) is 0 Å². The number of anilines is 2. The van der Waals surface area contributed by atoms with Gasteiger partial charge < -0.3 is 18.9 Å². The van der Waals surface area contributed by atoms with Gasteiger partial charge in [0.15, 0.2) is 5.58 Å². The third-order valence-corrected chi connectivity index (χ3v) is 4.86. The third kappa shape index (κ3) is 2.93. The van der Waals surface area contributed by atoms with Crippen molar-refractivity contribution in [2.45, 2.75) is 0 Å². The van der Waals surface area contributed by atoms with Gasteiger partial charge >= 0.3 is 5.63 Å². The fourth-order valence-electron chi connectivity index (χ4n) is 3.48. The summed E-state index contributed by atoms with van der Waals surface area (Å²) in [4.78, 5) is 12.9. The molecule has 0 bridgehead atoms. The van der Waals surface area contributed by atoms with Gasteiger partial charge in [-0.25, -0.2) is 4.79 Å². The number of nitrogens with one attached hydrogen (secondary N) is 1. The standard InChI is InChI=1S/C24H17NO4/c1-27-17-13-11-15(12-14-17)20-21-22(18-9-5-6-10-19(18)28-24(21)26)29-23(20)25-16-7-3-2-4-8-16/h2-14,25H,1H3. The van der Waals surface area contributed by atoms with E-state index in [1.54, 1.807) is 13.2 Å². The maximum atomic E-state index is 12.9. The van der Waals surface area contributed by atoms with E-state index in [4.69, 9.17) is 13.6 Å². The molecule has 0 amide bonds. The first kappa shape index (κ1) is 17.1. The quantitative estimate of drug-likeness (QED) is 0.388. The first-order valence-electron chi connectivity index (χ1n) is 9.19. The lowest BCUT2D eigenvalue weighted by atomic mass is 10.0. The van der Waals surface area contributed by atoms with Crippen LogP contribution >= 0.6 is 0 Å². The zero-order valence-electron chi connectivity index (χ0n) is 15.6. The Labute approximate surface area is 166 Å². The smallest absolute Gasteiger partial charge is 0.348 e. The molecule has 0 saturated heterocycles. The summed E-state index contributed by atoms with van der Waals surface area (Å²) in [6.45, 7) is 0. The molecule has 0 saturated carbocycles. The van der Waals surface area contributed by atoms with E-state index in [9.17, 15) is 4.79 Å². The highest BCUT2D eigenvalue weighted by Gasteiger charge is 2.22. The molecule has 0 aliphatic carbocycles. The minimum Gasteiger partial charge on any atom is -0.497 e. The van der Waals surface area contributed by atoms with Gasteiger partial charge in [-0.15, -0.1) is 0 Å². The normalized spacial score (nSPS) is 11.1. The summed E-state index contributed by atoms with van der Waals surface area (Å²) in [7, 11) is 1.62. The number of benzene rings is 3. The average Bonchev–Trinajstić information content (AvgIpc) is 3.14. The fourth-order valence-corrected chi connectivity index (χ4v) is 3.48. The molecule has 5 rings (SSSR count). The van der Waals surface area contributed by atoms with Gasteiger partial charge in [-0.3, -0.25) is 0 Å². The Kier molecular flexibility index (Phi) is 4.06. The van der Waals surface area contributed by atoms with Crippen molar-refractivity contribution in [3.05, 3.63) is 89.3 Å². The van der Waals surface area contributed by atoms with Crippen LogP contribution in [0.5, 0.6) is 5.75 Å². The van der Waals surface area contributed by atoms with Gasteiger partial charge in [0, 0.05) is 5.69 Å². The molecule has 0 atom stereocenters. The monoisotopic (exact) mass is 383 g/mol. The molecule has 5 heteroatoms. The molecule has 3 aromatic carbocycles. The first-order chi connectivity index (χ1) is 14.2. The molecule has 0 unspecified atom stereocenters. The third-order valence-electron chi connectivity index (χ3n) is 4.86. The lowest BCUT2D eigenvalue weighted by Gasteiger charge is -2.07. The fraction of sp³-hybridized carbons (Fsp3) is 0.0417. The van der Waals surface area contributed by atoms with Crippen molar-refractivity contribution in [1.82, 2.24) is 0 Å². The minimum absolute atomic E-state index is 0.410. The van der Waals surface area contributed by atoms with Crippen LogP contribution < -0.4 is 15.7 Å². The summed E-state index contributed by atoms with van der Waals surface area (Å²) in [6, 6.07) is 24.5. The Bertz CT molecular complexity index is 1370. The van der Waals surface area contributed by atoms with E-state index in [1.165, 1.54) is 0 Å². The lowest BCUT2D eigenvalue weighted by Crippen LogP contribution is -2.00. The van der Waals surface area contributed by atoms with Gasteiger partial charge in [0.1, 0.15) is 16.7 Å². The Hall–Kier alpha value is -3.99. The van der Waals surface area contributed by atoms with Gasteiger partial charge in [-0.05, 0) is 42.0 Å². The topological polar surface area (TPSA) is 64.6 Å². The van der Waals surface area contributed by atoms with Gasteiger partial charge in [0.2, 0.25) is 5.88 Å². The molecule has 0 fully saturated rings. The molecule has 142 valence electrons. The second kappa shape index (κ2) is 6.87. The molecule has 1 N–H and O–H groups in total. The van der Waals surface area contributed by atoms with Crippen molar-refractivity contribution in [1.29, 1.82) is 0 Å². The second-order valence-electron chi connectivity index (χ2n) is 6.62. The molecule has 0 spiro atoms. The molecular weight excluding hydrogens is 366 g/mol. The number of rotatable bonds is 4. The van der Waals surface area contributed by atoms with Crippen LogP contribution in [0, 0.1) is 0 Å². The number of hydrogen-bond acceptors (Lipinski definition) is 5. The second-order valence-corrected chi connectivity index (χ2v) is 6.62. The van der Waals surface area contributed by atoms with Crippen LogP contribution in [-0.2, 0) is 0 Å². The van der Waals surface area contributed by atoms with E-state index in [0.29, 0.717) is 28.0 Å². The van der Waals surface area contributed by atoms with Crippen molar-refractivity contribution in [2.75, 3.05) is 12.4 Å². The molecule has 0 aliphatic rings. The minimum atomic E-state index is -0.436. The van der Waals surface area contributed by atoms with Crippen molar-refractivity contribution < 1.29 is 13.6 Å². The van der Waals surface area contributed by atoms with Crippen LogP contribution in [0.3, 0.4) is 0 Å². The lowest BCUT2D eigenvalue weighted by molar-refractivity contribution is 0.415. The molecule has 2 heterocycles. The maximum Gasteiger partial charge on any atom is 0.348 e. The number of para-hydroxylation sites is 2. The van der Waals surface area contributed by atoms with Crippen LogP contribution in [0.15, 0.2) is 92.5 Å². The van der Waals surface area contributed by atoms with Gasteiger partial charge in [0.05, 0.1) is 18.1 Å². The molecular formula is C24H17NO4. The molecule has 5 aromatic rings. The van der Waals surface area contributed by atoms with Crippen LogP contribution in [0.4, 0.5) is 11.6 Å². The highest BCUT2D eigenvalue weighted by atomic mass is 16.5. The number of hydrogen-bond donors (Lipinski definition) is 1. The summed E-state index contributed by atoms with van der Waals surface area (Å²) in [5.41, 5.74) is 2.90. The predicted octanol–water partition coefficient (Wildman–Crippen LogP) is 5.96. The number of furan rings is 1. The van der Waals surface area contributed by atoms with E-state index in [0.717, 1.165) is 22.4 Å². The van der Waals surface area contributed by atoms with E-state index >= 15 is 0 Å². The highest BCUT2D eigenvalue weighted by molar-refractivity contribution is 6.10. The van der Waals surface area contributed by atoms with Crippen LogP contribution in [0.2, 0.25) is 0 Å². The Morgan fingerprint density at radius 2 is 1.55 bits per heavy atom. The molecule has 0 radical (unpaired) electrons. The maximum absolute atomic E-state index is 12.9. The summed E-state index contributed by atoms with van der Waals surface area (Å²) >= 11 is 0. The Balaban J connectivity index is 1.82. The zero-order chi connectivity index (χ0) is 19.8. The van der Waals surface area contributed by atoms with E-state index in [2.05, 4.69) is 5.32 Å². The average molecular weight is 383 g/mol. The van der Waals surface area contributed by atoms with Gasteiger partial charge in [-0.1, -0.05) is 42.5 Å². The van der Waals surface area contributed by atoms with Gasteiger partial charge in [0.25, 0.3) is 0 Å². The first-order valence-corrected chi connectivity index (χ1v) is 9.19. The Morgan fingerprint density at radius 3 is 2.31 bits per heavy atom. The summed E-state index contributed by atoms with van der Waals surface area (Å²) in [6.07, 6.45) is 0. The van der Waals surface area contributed by atoms with E-state index in [-0.39, 0.29) is 0 Å². The van der Waals surface area contributed by atoms with Crippen LogP contribution in [-0.4, -0.2) is 7.11 Å². The largest absolute Gasteiger partial charge is 0.497 e. The number of fused-ring (bicyclic) bond motifs is 3. The Morgan fingerprint density at radius 1 is 0.828 bits per heavy atom. The molecule has 0 aliphatic heterocycles. The summed E-state index contributed by atoms with van der Waals surface area (Å²) in [5.74, 6) is 1.22. The summed E-state index contributed by atoms with van der Waals surface area (Å²) in [5, 5.41) is 4.46. The summed E-state index contributed by atoms with van der Waals surface area (Å²) < 4.78 is 17.0. The molecule has 29 heavy (non-hydrogen) atoms.